The Morgan fingerprint density at radius 1 is 1.16 bits per heavy atom. The molecular weight excluding hydrogens is 256 g/mol. The zero-order valence-corrected chi connectivity index (χ0v) is 11.7. The summed E-state index contributed by atoms with van der Waals surface area (Å²) in [6, 6.07) is 16.1. The van der Waals surface area contributed by atoms with Gasteiger partial charge in [-0.2, -0.15) is 0 Å². The van der Waals surface area contributed by atoms with Crippen molar-refractivity contribution in [2.75, 3.05) is 6.61 Å². The number of ether oxygens (including phenoxy) is 1. The van der Waals surface area contributed by atoms with E-state index in [2.05, 4.69) is 6.58 Å². The summed E-state index contributed by atoms with van der Waals surface area (Å²) < 4.78 is 5.76. The predicted molar refractivity (Wildman–Crippen MR) is 81.0 cm³/mol. The van der Waals surface area contributed by atoms with Crippen LogP contribution >= 0.6 is 11.6 Å². The van der Waals surface area contributed by atoms with Gasteiger partial charge in [0, 0.05) is 5.56 Å². The molecule has 1 nitrogen and oxygen atoms in total. The fraction of sp³-hybridized carbons (Fsp3) is 0.176. The molecule has 2 heteroatoms. The van der Waals surface area contributed by atoms with Crippen LogP contribution in [0.4, 0.5) is 0 Å². The van der Waals surface area contributed by atoms with E-state index in [1.54, 1.807) is 6.08 Å². The van der Waals surface area contributed by atoms with E-state index in [9.17, 15) is 0 Å². The van der Waals surface area contributed by atoms with E-state index in [1.165, 1.54) is 0 Å². The lowest BCUT2D eigenvalue weighted by atomic mass is 10.0. The van der Waals surface area contributed by atoms with Gasteiger partial charge >= 0.3 is 0 Å². The van der Waals surface area contributed by atoms with Crippen molar-refractivity contribution in [2.24, 2.45) is 0 Å². The lowest BCUT2D eigenvalue weighted by molar-refractivity contribution is 0.357. The molecule has 0 aliphatic heterocycles. The standard InChI is InChI=1S/C17H17ClO/c1-3-12-19-17-13(2)8-7-11-15(17)16(18)14-9-5-4-6-10-14/h3-11,16H,1,12H2,2H3. The van der Waals surface area contributed by atoms with Crippen LogP contribution in [0.25, 0.3) is 0 Å². The van der Waals surface area contributed by atoms with Crippen molar-refractivity contribution >= 4 is 11.6 Å². The molecule has 0 saturated carbocycles. The van der Waals surface area contributed by atoms with Crippen LogP contribution in [0.1, 0.15) is 22.1 Å². The van der Waals surface area contributed by atoms with E-state index < -0.39 is 0 Å². The summed E-state index contributed by atoms with van der Waals surface area (Å²) in [5.74, 6) is 0.853. The minimum Gasteiger partial charge on any atom is -0.489 e. The van der Waals surface area contributed by atoms with Crippen molar-refractivity contribution in [3.8, 4) is 5.75 Å². The Morgan fingerprint density at radius 2 is 1.89 bits per heavy atom. The second kappa shape index (κ2) is 6.44. The number of aryl methyl sites for hydroxylation is 1. The van der Waals surface area contributed by atoms with Crippen molar-refractivity contribution in [1.82, 2.24) is 0 Å². The van der Waals surface area contributed by atoms with Crippen molar-refractivity contribution in [3.63, 3.8) is 0 Å². The van der Waals surface area contributed by atoms with Gasteiger partial charge in [0.05, 0.1) is 5.38 Å². The Labute approximate surface area is 119 Å². The average molecular weight is 273 g/mol. The van der Waals surface area contributed by atoms with E-state index in [4.69, 9.17) is 16.3 Å². The van der Waals surface area contributed by atoms with Crippen LogP contribution in [0.5, 0.6) is 5.75 Å². The highest BCUT2D eigenvalue weighted by molar-refractivity contribution is 6.22. The molecule has 98 valence electrons. The summed E-state index contributed by atoms with van der Waals surface area (Å²) in [4.78, 5) is 0. The monoisotopic (exact) mass is 272 g/mol. The summed E-state index contributed by atoms with van der Waals surface area (Å²) in [6.45, 7) is 6.19. The number of rotatable bonds is 5. The summed E-state index contributed by atoms with van der Waals surface area (Å²) in [5, 5.41) is -0.207. The first kappa shape index (κ1) is 13.7. The van der Waals surface area contributed by atoms with Crippen LogP contribution in [-0.2, 0) is 0 Å². The minimum atomic E-state index is -0.207. The molecule has 0 spiro atoms. The first-order valence-electron chi connectivity index (χ1n) is 6.26. The zero-order chi connectivity index (χ0) is 13.7. The van der Waals surface area contributed by atoms with Gasteiger partial charge in [0.2, 0.25) is 0 Å². The Bertz CT molecular complexity index is 548. The van der Waals surface area contributed by atoms with Gasteiger partial charge < -0.3 is 4.74 Å². The highest BCUT2D eigenvalue weighted by Gasteiger charge is 2.16. The lowest BCUT2D eigenvalue weighted by Crippen LogP contribution is -2.02. The third-order valence-electron chi connectivity index (χ3n) is 2.95. The third-order valence-corrected chi connectivity index (χ3v) is 3.44. The molecule has 0 aliphatic rings. The molecule has 2 aromatic rings. The molecule has 1 unspecified atom stereocenters. The maximum absolute atomic E-state index is 6.58. The van der Waals surface area contributed by atoms with Gasteiger partial charge in [0.25, 0.3) is 0 Å². The molecular formula is C17H17ClO. The first-order chi connectivity index (χ1) is 9.24. The van der Waals surface area contributed by atoms with Crippen LogP contribution in [-0.4, -0.2) is 6.61 Å². The topological polar surface area (TPSA) is 9.23 Å². The molecule has 0 aliphatic carbocycles. The van der Waals surface area contributed by atoms with Crippen LogP contribution in [0.2, 0.25) is 0 Å². The Kier molecular flexibility index (Phi) is 4.64. The molecule has 0 radical (unpaired) electrons. The quantitative estimate of drug-likeness (QED) is 0.556. The number of hydrogen-bond acceptors (Lipinski definition) is 1. The Morgan fingerprint density at radius 3 is 2.58 bits per heavy atom. The fourth-order valence-corrected chi connectivity index (χ4v) is 2.33. The van der Waals surface area contributed by atoms with Gasteiger partial charge in [0.1, 0.15) is 12.4 Å². The van der Waals surface area contributed by atoms with Crippen molar-refractivity contribution < 1.29 is 4.74 Å². The highest BCUT2D eigenvalue weighted by Crippen LogP contribution is 2.36. The normalized spacial score (nSPS) is 11.9. The molecule has 0 amide bonds. The van der Waals surface area contributed by atoms with E-state index in [-0.39, 0.29) is 5.38 Å². The summed E-state index contributed by atoms with van der Waals surface area (Å²) in [5.41, 5.74) is 3.15. The number of hydrogen-bond donors (Lipinski definition) is 0. The van der Waals surface area contributed by atoms with Crippen LogP contribution in [0.3, 0.4) is 0 Å². The summed E-state index contributed by atoms with van der Waals surface area (Å²) >= 11 is 6.58. The molecule has 19 heavy (non-hydrogen) atoms. The maximum Gasteiger partial charge on any atom is 0.127 e. The Balaban J connectivity index is 2.38. The van der Waals surface area contributed by atoms with Crippen molar-refractivity contribution in [1.29, 1.82) is 0 Å². The van der Waals surface area contributed by atoms with Gasteiger partial charge in [-0.1, -0.05) is 61.2 Å². The number of halogens is 1. The molecule has 0 aromatic heterocycles. The SMILES string of the molecule is C=CCOc1c(C)cccc1C(Cl)c1ccccc1. The molecule has 0 fully saturated rings. The zero-order valence-electron chi connectivity index (χ0n) is 11.0. The van der Waals surface area contributed by atoms with Gasteiger partial charge in [-0.15, -0.1) is 11.6 Å². The lowest BCUT2D eigenvalue weighted by Gasteiger charge is -2.17. The molecule has 2 aromatic carbocycles. The van der Waals surface area contributed by atoms with E-state index >= 15 is 0 Å². The number of alkyl halides is 1. The van der Waals surface area contributed by atoms with Crippen molar-refractivity contribution in [3.05, 3.63) is 77.9 Å². The fourth-order valence-electron chi connectivity index (χ4n) is 2.02. The third kappa shape index (κ3) is 3.18. The maximum atomic E-state index is 6.58. The summed E-state index contributed by atoms with van der Waals surface area (Å²) in [6.07, 6.45) is 1.74. The summed E-state index contributed by atoms with van der Waals surface area (Å²) in [7, 11) is 0. The van der Waals surface area contributed by atoms with E-state index in [0.717, 1.165) is 22.4 Å². The smallest absolute Gasteiger partial charge is 0.127 e. The van der Waals surface area contributed by atoms with Crippen LogP contribution < -0.4 is 4.74 Å². The number of para-hydroxylation sites is 1. The molecule has 0 bridgehead atoms. The number of benzene rings is 2. The second-order valence-electron chi connectivity index (χ2n) is 4.37. The minimum absolute atomic E-state index is 0.207. The molecule has 0 saturated heterocycles. The predicted octanol–water partition coefficient (Wildman–Crippen LogP) is 4.89. The molecule has 1 atom stereocenters. The van der Waals surface area contributed by atoms with Crippen molar-refractivity contribution in [2.45, 2.75) is 12.3 Å². The van der Waals surface area contributed by atoms with Gasteiger partial charge in [0.15, 0.2) is 0 Å². The molecule has 2 rings (SSSR count). The second-order valence-corrected chi connectivity index (χ2v) is 4.80. The largest absolute Gasteiger partial charge is 0.489 e. The van der Waals surface area contributed by atoms with Gasteiger partial charge in [-0.25, -0.2) is 0 Å². The average Bonchev–Trinajstić information content (AvgIpc) is 2.46. The van der Waals surface area contributed by atoms with Gasteiger partial charge in [-0.05, 0) is 18.1 Å². The first-order valence-corrected chi connectivity index (χ1v) is 6.70. The van der Waals surface area contributed by atoms with Crippen LogP contribution in [0.15, 0.2) is 61.2 Å². The highest BCUT2D eigenvalue weighted by atomic mass is 35.5. The van der Waals surface area contributed by atoms with E-state index in [0.29, 0.717) is 6.61 Å². The van der Waals surface area contributed by atoms with E-state index in [1.807, 2.05) is 55.5 Å². The molecule has 0 N–H and O–H groups in total. The Hall–Kier alpha value is -1.73. The van der Waals surface area contributed by atoms with Crippen LogP contribution in [0, 0.1) is 6.92 Å². The molecule has 0 heterocycles. The van der Waals surface area contributed by atoms with Gasteiger partial charge in [-0.3, -0.25) is 0 Å².